The topological polar surface area (TPSA) is 130 Å². The van der Waals surface area contributed by atoms with Gasteiger partial charge < -0.3 is 24.6 Å². The van der Waals surface area contributed by atoms with Gasteiger partial charge >= 0.3 is 11.9 Å². The highest BCUT2D eigenvalue weighted by molar-refractivity contribution is 5.85. The molecular formula is C25H39NO9. The van der Waals surface area contributed by atoms with Crippen LogP contribution in [0, 0.1) is 29.6 Å². The van der Waals surface area contributed by atoms with Crippen LogP contribution in [0.2, 0.25) is 0 Å². The van der Waals surface area contributed by atoms with Crippen LogP contribution in [0.4, 0.5) is 0 Å². The Morgan fingerprint density at radius 1 is 1.11 bits per heavy atom. The Hall–Kier alpha value is -1.75. The third kappa shape index (κ3) is 4.82. The molecule has 10 heteroatoms. The number of aliphatic carboxylic acids is 1. The van der Waals surface area contributed by atoms with Gasteiger partial charge in [-0.05, 0) is 43.9 Å². The fourth-order valence-electron chi connectivity index (χ4n) is 6.34. The minimum absolute atomic E-state index is 0.0260. The lowest BCUT2D eigenvalue weighted by atomic mass is 9.58. The Labute approximate surface area is 206 Å². The van der Waals surface area contributed by atoms with Gasteiger partial charge in [-0.15, -0.1) is 0 Å². The van der Waals surface area contributed by atoms with Gasteiger partial charge in [0.1, 0.15) is 6.04 Å². The van der Waals surface area contributed by atoms with Crippen LogP contribution >= 0.6 is 0 Å². The second-order valence-corrected chi connectivity index (χ2v) is 11.0. The molecule has 0 aromatic carbocycles. The van der Waals surface area contributed by atoms with Crippen LogP contribution in [0.25, 0.3) is 0 Å². The average molecular weight is 498 g/mol. The fourth-order valence-corrected chi connectivity index (χ4v) is 6.34. The molecule has 5 rings (SSSR count). The number of fused-ring (bicyclic) bond motifs is 2. The molecule has 1 saturated carbocycles. The van der Waals surface area contributed by atoms with E-state index in [1.165, 1.54) is 0 Å². The SMILES string of the molecule is CC[C@@H](C)[C@H](NC(=O)CCC(=O)O[C@@H]1O[C@@H]2O[C@@]3(C)CC[C@H]4[C@H](C)CC[C@@H]([C@H]1C)[C@]24OO3)C(=O)O. The van der Waals surface area contributed by atoms with Crippen molar-refractivity contribution in [3.63, 3.8) is 0 Å². The minimum atomic E-state index is -1.09. The highest BCUT2D eigenvalue weighted by Gasteiger charge is 2.69. The summed E-state index contributed by atoms with van der Waals surface area (Å²) < 4.78 is 18.2. The predicted octanol–water partition coefficient (Wildman–Crippen LogP) is 3.13. The van der Waals surface area contributed by atoms with E-state index in [4.69, 9.17) is 24.0 Å². The number of carbonyl (C=O) groups is 3. The third-order valence-corrected chi connectivity index (χ3v) is 8.70. The van der Waals surface area contributed by atoms with Crippen molar-refractivity contribution in [1.29, 1.82) is 0 Å². The Morgan fingerprint density at radius 3 is 2.54 bits per heavy atom. The third-order valence-electron chi connectivity index (χ3n) is 8.70. The Kier molecular flexibility index (Phi) is 7.48. The number of rotatable bonds is 8. The molecule has 0 aromatic rings. The number of hydrogen-bond donors (Lipinski definition) is 2. The lowest BCUT2D eigenvalue weighted by Crippen LogP contribution is -2.70. The number of carboxylic acid groups (broad SMARTS) is 1. The molecule has 35 heavy (non-hydrogen) atoms. The maximum atomic E-state index is 12.7. The smallest absolute Gasteiger partial charge is 0.326 e. The molecule has 10 atom stereocenters. The van der Waals surface area contributed by atoms with Gasteiger partial charge in [0.2, 0.25) is 18.0 Å². The quantitative estimate of drug-likeness (QED) is 0.384. The Bertz CT molecular complexity index is 836. The molecule has 0 unspecified atom stereocenters. The van der Waals surface area contributed by atoms with Crippen LogP contribution in [0.5, 0.6) is 0 Å². The molecule has 10 nitrogen and oxygen atoms in total. The molecule has 4 heterocycles. The largest absolute Gasteiger partial charge is 0.480 e. The van der Waals surface area contributed by atoms with Crippen molar-refractivity contribution < 1.29 is 43.5 Å². The summed E-state index contributed by atoms with van der Waals surface area (Å²) in [4.78, 5) is 48.3. The summed E-state index contributed by atoms with van der Waals surface area (Å²) in [5.41, 5.74) is -0.738. The van der Waals surface area contributed by atoms with E-state index >= 15 is 0 Å². The highest BCUT2D eigenvalue weighted by atomic mass is 17.3. The Morgan fingerprint density at radius 2 is 1.86 bits per heavy atom. The van der Waals surface area contributed by atoms with E-state index in [1.807, 2.05) is 20.8 Å². The molecule has 198 valence electrons. The van der Waals surface area contributed by atoms with Crippen LogP contribution in [-0.4, -0.2) is 53.0 Å². The molecular weight excluding hydrogens is 458 g/mol. The molecule has 0 radical (unpaired) electrons. The van der Waals surface area contributed by atoms with E-state index in [0.717, 1.165) is 19.3 Å². The van der Waals surface area contributed by atoms with Gasteiger partial charge in [-0.3, -0.25) is 9.59 Å². The summed E-state index contributed by atoms with van der Waals surface area (Å²) in [6.45, 7) is 9.67. The van der Waals surface area contributed by atoms with Gasteiger partial charge in [-0.1, -0.05) is 34.1 Å². The van der Waals surface area contributed by atoms with Gasteiger partial charge in [-0.2, -0.15) is 0 Å². The van der Waals surface area contributed by atoms with E-state index < -0.39 is 47.9 Å². The standard InChI is InChI=1S/C25H39NO9/c1-6-13(2)20(21(29)30)26-18(27)9-10-19(28)31-22-15(4)17-8-7-14(3)16-11-12-24(5)33-23(32-22)25(16,17)35-34-24/h13-17,20,22-23H,6-12H2,1-5H3,(H,26,27)(H,29,30)/t13-,14-,15-,16+,17+,20+,22-,23-,24-,25+/m1/s1. The van der Waals surface area contributed by atoms with Crippen LogP contribution < -0.4 is 5.32 Å². The maximum absolute atomic E-state index is 12.7. The molecule has 5 fully saturated rings. The van der Waals surface area contributed by atoms with Crippen molar-refractivity contribution in [2.75, 3.05) is 0 Å². The number of hydrogen-bond acceptors (Lipinski definition) is 8. The molecule has 4 aliphatic heterocycles. The first kappa shape index (κ1) is 26.3. The second-order valence-electron chi connectivity index (χ2n) is 11.0. The van der Waals surface area contributed by atoms with Crippen LogP contribution in [0.3, 0.4) is 0 Å². The molecule has 1 spiro atoms. The molecule has 0 aromatic heterocycles. The fraction of sp³-hybridized carbons (Fsp3) is 0.880. The number of carboxylic acids is 1. The number of amides is 1. The van der Waals surface area contributed by atoms with E-state index in [0.29, 0.717) is 18.8 Å². The van der Waals surface area contributed by atoms with Crippen LogP contribution in [0.1, 0.15) is 79.6 Å². The molecule has 2 N–H and O–H groups in total. The molecule has 1 aliphatic carbocycles. The normalized spacial score (nSPS) is 41.7. The number of nitrogens with one attached hydrogen (secondary N) is 1. The summed E-state index contributed by atoms with van der Waals surface area (Å²) >= 11 is 0. The molecule has 1 amide bonds. The lowest BCUT2D eigenvalue weighted by Gasteiger charge is -2.59. The molecule has 2 bridgehead atoms. The number of ether oxygens (including phenoxy) is 3. The summed E-state index contributed by atoms with van der Waals surface area (Å²) in [6.07, 6.45) is 2.23. The zero-order valence-corrected chi connectivity index (χ0v) is 21.3. The van der Waals surface area contributed by atoms with Crippen molar-refractivity contribution in [3.8, 4) is 0 Å². The van der Waals surface area contributed by atoms with Crippen LogP contribution in [0.15, 0.2) is 0 Å². The summed E-state index contributed by atoms with van der Waals surface area (Å²) in [5.74, 6) is -2.80. The van der Waals surface area contributed by atoms with E-state index in [-0.39, 0.29) is 36.5 Å². The first-order valence-corrected chi connectivity index (χ1v) is 12.9. The Balaban J connectivity index is 1.39. The van der Waals surface area contributed by atoms with Gasteiger partial charge in [0.25, 0.3) is 0 Å². The van der Waals surface area contributed by atoms with Crippen molar-refractivity contribution >= 4 is 17.8 Å². The zero-order chi connectivity index (χ0) is 25.5. The molecule has 4 saturated heterocycles. The van der Waals surface area contributed by atoms with E-state index in [9.17, 15) is 19.5 Å². The van der Waals surface area contributed by atoms with Gasteiger partial charge in [-0.25, -0.2) is 14.6 Å². The monoisotopic (exact) mass is 497 g/mol. The average Bonchev–Trinajstić information content (AvgIpc) is 3.04. The lowest BCUT2D eigenvalue weighted by molar-refractivity contribution is -0.576. The summed E-state index contributed by atoms with van der Waals surface area (Å²) in [5, 5.41) is 11.9. The minimum Gasteiger partial charge on any atom is -0.480 e. The van der Waals surface area contributed by atoms with Gasteiger partial charge in [0.15, 0.2) is 11.9 Å². The van der Waals surface area contributed by atoms with Crippen molar-refractivity contribution in [1.82, 2.24) is 5.32 Å². The number of esters is 1. The van der Waals surface area contributed by atoms with Gasteiger partial charge in [0, 0.05) is 24.7 Å². The highest BCUT2D eigenvalue weighted by Crippen LogP contribution is 2.60. The summed E-state index contributed by atoms with van der Waals surface area (Å²) in [7, 11) is 0. The predicted molar refractivity (Wildman–Crippen MR) is 121 cm³/mol. The maximum Gasteiger partial charge on any atom is 0.326 e. The van der Waals surface area contributed by atoms with Crippen LogP contribution in [-0.2, 0) is 38.4 Å². The zero-order valence-electron chi connectivity index (χ0n) is 21.3. The molecule has 5 aliphatic rings. The van der Waals surface area contributed by atoms with Crippen molar-refractivity contribution in [3.05, 3.63) is 0 Å². The first-order valence-electron chi connectivity index (χ1n) is 12.9. The number of carbonyl (C=O) groups excluding carboxylic acids is 2. The summed E-state index contributed by atoms with van der Waals surface area (Å²) in [6, 6.07) is -0.991. The van der Waals surface area contributed by atoms with Gasteiger partial charge in [0.05, 0.1) is 6.42 Å². The van der Waals surface area contributed by atoms with E-state index in [2.05, 4.69) is 12.2 Å². The van der Waals surface area contributed by atoms with Crippen molar-refractivity contribution in [2.45, 2.75) is 110 Å². The van der Waals surface area contributed by atoms with E-state index in [1.54, 1.807) is 6.92 Å². The van der Waals surface area contributed by atoms with Crippen molar-refractivity contribution in [2.24, 2.45) is 29.6 Å². The first-order chi connectivity index (χ1) is 16.5. The second kappa shape index (κ2) is 9.95.